The van der Waals surface area contributed by atoms with Gasteiger partial charge in [0.15, 0.2) is 0 Å². The van der Waals surface area contributed by atoms with E-state index in [0.717, 1.165) is 26.2 Å². The summed E-state index contributed by atoms with van der Waals surface area (Å²) in [7, 11) is 0. The number of nitrogens with zero attached hydrogens (tertiary/aromatic N) is 2. The summed E-state index contributed by atoms with van der Waals surface area (Å²) in [5.41, 5.74) is 5.66. The molecular formula is C11H25N3O. The molecule has 90 valence electrons. The number of aliphatic hydroxyl groups excluding tert-OH is 1. The molecule has 15 heavy (non-hydrogen) atoms. The van der Waals surface area contributed by atoms with E-state index in [-0.39, 0.29) is 11.6 Å². The average Bonchev–Trinajstić information content (AvgIpc) is 2.17. The Morgan fingerprint density at radius 3 is 2.13 bits per heavy atom. The largest absolute Gasteiger partial charge is 0.390 e. The zero-order valence-electron chi connectivity index (χ0n) is 10.2. The van der Waals surface area contributed by atoms with E-state index in [1.54, 1.807) is 0 Å². The van der Waals surface area contributed by atoms with Crippen LogP contribution in [0.3, 0.4) is 0 Å². The molecule has 0 saturated carbocycles. The summed E-state index contributed by atoms with van der Waals surface area (Å²) >= 11 is 0. The number of rotatable bonds is 3. The number of piperazine rings is 1. The van der Waals surface area contributed by atoms with Gasteiger partial charge in [0.2, 0.25) is 0 Å². The zero-order valence-corrected chi connectivity index (χ0v) is 10.2. The molecule has 1 unspecified atom stereocenters. The van der Waals surface area contributed by atoms with Gasteiger partial charge >= 0.3 is 0 Å². The molecule has 3 N–H and O–H groups in total. The molecule has 0 aromatic heterocycles. The molecule has 1 atom stereocenters. The van der Waals surface area contributed by atoms with E-state index >= 15 is 0 Å². The first-order valence-corrected chi connectivity index (χ1v) is 5.79. The van der Waals surface area contributed by atoms with Gasteiger partial charge in [-0.25, -0.2) is 0 Å². The van der Waals surface area contributed by atoms with Crippen molar-refractivity contribution >= 4 is 0 Å². The summed E-state index contributed by atoms with van der Waals surface area (Å²) in [6.07, 6.45) is -0.369. The van der Waals surface area contributed by atoms with Crippen LogP contribution in [0.4, 0.5) is 0 Å². The van der Waals surface area contributed by atoms with Crippen LogP contribution in [0.1, 0.15) is 20.8 Å². The molecule has 1 aliphatic heterocycles. The predicted molar refractivity (Wildman–Crippen MR) is 62.8 cm³/mol. The number of nitrogens with two attached hydrogens (primary N) is 1. The molecule has 0 radical (unpaired) electrons. The van der Waals surface area contributed by atoms with Crippen molar-refractivity contribution < 1.29 is 5.11 Å². The Hall–Kier alpha value is -0.160. The smallest absolute Gasteiger partial charge is 0.0789 e. The van der Waals surface area contributed by atoms with E-state index in [9.17, 15) is 5.11 Å². The average molecular weight is 215 g/mol. The lowest BCUT2D eigenvalue weighted by Crippen LogP contribution is -2.54. The minimum Gasteiger partial charge on any atom is -0.390 e. The second-order valence-electron chi connectivity index (χ2n) is 5.35. The number of β-amino-alcohol motifs (C(OH)–C–C–N with tert-alkyl or cyclic N) is 1. The van der Waals surface area contributed by atoms with Crippen LogP contribution in [0.15, 0.2) is 0 Å². The highest BCUT2D eigenvalue weighted by Gasteiger charge is 2.26. The maximum atomic E-state index is 9.46. The molecule has 0 bridgehead atoms. The van der Waals surface area contributed by atoms with E-state index < -0.39 is 0 Å². The summed E-state index contributed by atoms with van der Waals surface area (Å²) < 4.78 is 0. The Morgan fingerprint density at radius 1 is 1.20 bits per heavy atom. The van der Waals surface area contributed by atoms with Gasteiger partial charge < -0.3 is 10.8 Å². The van der Waals surface area contributed by atoms with Crippen molar-refractivity contribution in [3.63, 3.8) is 0 Å². The molecule has 1 fully saturated rings. The molecule has 1 rings (SSSR count). The molecule has 0 aliphatic carbocycles. The summed E-state index contributed by atoms with van der Waals surface area (Å²) in [5, 5.41) is 9.46. The van der Waals surface area contributed by atoms with E-state index in [0.29, 0.717) is 13.1 Å². The standard InChI is InChI=1S/C11H25N3O/c1-11(2,3)14-6-4-13(5-7-14)9-10(15)8-12/h10,15H,4-9,12H2,1-3H3. The summed E-state index contributed by atoms with van der Waals surface area (Å²) in [4.78, 5) is 4.78. The van der Waals surface area contributed by atoms with Crippen molar-refractivity contribution in [2.24, 2.45) is 5.73 Å². The minimum atomic E-state index is -0.369. The normalized spacial score (nSPS) is 23.0. The van der Waals surface area contributed by atoms with Crippen LogP contribution in [-0.2, 0) is 0 Å². The second-order valence-corrected chi connectivity index (χ2v) is 5.35. The predicted octanol–water partition coefficient (Wildman–Crippen LogP) is -0.278. The van der Waals surface area contributed by atoms with Gasteiger partial charge in [0.1, 0.15) is 0 Å². The van der Waals surface area contributed by atoms with Crippen molar-refractivity contribution in [3.8, 4) is 0 Å². The first kappa shape index (κ1) is 12.9. The van der Waals surface area contributed by atoms with Gasteiger partial charge in [0.25, 0.3) is 0 Å². The summed E-state index contributed by atoms with van der Waals surface area (Å²) in [5.74, 6) is 0. The quantitative estimate of drug-likeness (QED) is 0.680. The van der Waals surface area contributed by atoms with Gasteiger partial charge in [0.05, 0.1) is 6.10 Å². The van der Waals surface area contributed by atoms with Crippen molar-refractivity contribution in [2.75, 3.05) is 39.3 Å². The van der Waals surface area contributed by atoms with Crippen molar-refractivity contribution in [1.29, 1.82) is 0 Å². The number of hydrogen-bond acceptors (Lipinski definition) is 4. The highest BCUT2D eigenvalue weighted by atomic mass is 16.3. The third-order valence-corrected chi connectivity index (χ3v) is 3.06. The van der Waals surface area contributed by atoms with Crippen molar-refractivity contribution in [1.82, 2.24) is 9.80 Å². The lowest BCUT2D eigenvalue weighted by Gasteiger charge is -2.42. The van der Waals surface area contributed by atoms with E-state index in [4.69, 9.17) is 5.73 Å². The van der Waals surface area contributed by atoms with Crippen LogP contribution in [0.5, 0.6) is 0 Å². The molecule has 1 heterocycles. The molecule has 0 aromatic rings. The third-order valence-electron chi connectivity index (χ3n) is 3.06. The molecule has 1 saturated heterocycles. The molecule has 0 aromatic carbocycles. The molecule has 4 nitrogen and oxygen atoms in total. The molecular weight excluding hydrogens is 190 g/mol. The lowest BCUT2D eigenvalue weighted by atomic mass is 10.0. The van der Waals surface area contributed by atoms with Gasteiger partial charge in [-0.05, 0) is 20.8 Å². The first-order chi connectivity index (χ1) is 6.93. The highest BCUT2D eigenvalue weighted by molar-refractivity contribution is 4.82. The summed E-state index contributed by atoms with van der Waals surface area (Å²) in [6, 6.07) is 0. The van der Waals surface area contributed by atoms with Gasteiger partial charge in [-0.2, -0.15) is 0 Å². The van der Waals surface area contributed by atoms with Crippen LogP contribution in [-0.4, -0.2) is 65.8 Å². The molecule has 0 spiro atoms. The van der Waals surface area contributed by atoms with Crippen molar-refractivity contribution in [3.05, 3.63) is 0 Å². The van der Waals surface area contributed by atoms with E-state index in [2.05, 4.69) is 30.6 Å². The number of hydrogen-bond donors (Lipinski definition) is 2. The van der Waals surface area contributed by atoms with Crippen LogP contribution >= 0.6 is 0 Å². The molecule has 4 heteroatoms. The fraction of sp³-hybridized carbons (Fsp3) is 1.00. The molecule has 1 aliphatic rings. The highest BCUT2D eigenvalue weighted by Crippen LogP contribution is 2.15. The Kier molecular flexibility index (Phi) is 4.52. The second kappa shape index (κ2) is 5.25. The van der Waals surface area contributed by atoms with Crippen LogP contribution in [0.2, 0.25) is 0 Å². The van der Waals surface area contributed by atoms with Crippen LogP contribution in [0, 0.1) is 0 Å². The topological polar surface area (TPSA) is 52.7 Å². The van der Waals surface area contributed by atoms with Gasteiger partial charge in [-0.3, -0.25) is 9.80 Å². The Bertz CT molecular complexity index is 183. The lowest BCUT2D eigenvalue weighted by molar-refractivity contribution is 0.0386. The maximum Gasteiger partial charge on any atom is 0.0789 e. The monoisotopic (exact) mass is 215 g/mol. The van der Waals surface area contributed by atoms with Gasteiger partial charge in [-0.15, -0.1) is 0 Å². The fourth-order valence-corrected chi connectivity index (χ4v) is 1.97. The van der Waals surface area contributed by atoms with E-state index in [1.807, 2.05) is 0 Å². The zero-order chi connectivity index (χ0) is 11.5. The van der Waals surface area contributed by atoms with Crippen LogP contribution < -0.4 is 5.73 Å². The Labute approximate surface area is 93.0 Å². The van der Waals surface area contributed by atoms with Gasteiger partial charge in [0, 0.05) is 44.8 Å². The van der Waals surface area contributed by atoms with Gasteiger partial charge in [-0.1, -0.05) is 0 Å². The fourth-order valence-electron chi connectivity index (χ4n) is 1.97. The minimum absolute atomic E-state index is 0.262. The Morgan fingerprint density at radius 2 is 1.73 bits per heavy atom. The van der Waals surface area contributed by atoms with Crippen molar-refractivity contribution in [2.45, 2.75) is 32.4 Å². The van der Waals surface area contributed by atoms with E-state index in [1.165, 1.54) is 0 Å². The summed E-state index contributed by atoms with van der Waals surface area (Å²) in [6.45, 7) is 12.1. The molecule has 0 amide bonds. The third kappa shape index (κ3) is 4.07. The SMILES string of the molecule is CC(C)(C)N1CCN(CC(O)CN)CC1. The maximum absolute atomic E-state index is 9.46. The first-order valence-electron chi connectivity index (χ1n) is 5.79. The van der Waals surface area contributed by atoms with Crippen LogP contribution in [0.25, 0.3) is 0 Å². The number of aliphatic hydroxyl groups is 1. The Balaban J connectivity index is 2.30.